The van der Waals surface area contributed by atoms with E-state index in [4.69, 9.17) is 19.2 Å². The fraction of sp³-hybridized carbons (Fsp3) is 0.875. The zero-order valence-corrected chi connectivity index (χ0v) is 9.88. The quantitative estimate of drug-likeness (QED) is 0.500. The van der Waals surface area contributed by atoms with Crippen molar-refractivity contribution in [3.05, 3.63) is 0 Å². The van der Waals surface area contributed by atoms with Crippen molar-refractivity contribution in [2.75, 3.05) is 20.8 Å². The molecule has 4 nitrogen and oxygen atoms in total. The minimum absolute atomic E-state index is 0.129. The van der Waals surface area contributed by atoms with Crippen molar-refractivity contribution < 1.29 is 13.9 Å². The summed E-state index contributed by atoms with van der Waals surface area (Å²) in [4.78, 5) is 0. The molecule has 0 amide bonds. The third kappa shape index (κ3) is 4.38. The summed E-state index contributed by atoms with van der Waals surface area (Å²) in [5, 5.41) is 8.91. The molecule has 0 aliphatic carbocycles. The van der Waals surface area contributed by atoms with Gasteiger partial charge in [-0.2, -0.15) is 5.26 Å². The van der Waals surface area contributed by atoms with Crippen LogP contribution in [0.1, 0.15) is 0 Å². The standard InChI is InChI=1S/C8H17NO3Si/c1-10-7-8(6-9,11-2)12-13(3,4)5/h7H2,1-5H3. The van der Waals surface area contributed by atoms with E-state index < -0.39 is 14.1 Å². The van der Waals surface area contributed by atoms with E-state index in [9.17, 15) is 0 Å². The van der Waals surface area contributed by atoms with Crippen LogP contribution in [-0.4, -0.2) is 34.9 Å². The summed E-state index contributed by atoms with van der Waals surface area (Å²) < 4.78 is 15.5. The Hall–Kier alpha value is -0.413. The molecular formula is C8H17NO3Si. The summed E-state index contributed by atoms with van der Waals surface area (Å²) in [7, 11) is 1.16. The molecule has 0 bridgehead atoms. The topological polar surface area (TPSA) is 51.5 Å². The smallest absolute Gasteiger partial charge is 0.274 e. The molecule has 0 aromatic rings. The van der Waals surface area contributed by atoms with Crippen molar-refractivity contribution in [1.29, 1.82) is 5.26 Å². The Balaban J connectivity index is 4.50. The molecule has 13 heavy (non-hydrogen) atoms. The lowest BCUT2D eigenvalue weighted by atomic mass is 10.3. The molecule has 1 atom stereocenters. The summed E-state index contributed by atoms with van der Waals surface area (Å²) in [6.07, 6.45) is 0. The van der Waals surface area contributed by atoms with Crippen molar-refractivity contribution >= 4 is 8.32 Å². The number of methoxy groups -OCH3 is 2. The Morgan fingerprint density at radius 3 is 2.08 bits per heavy atom. The van der Waals surface area contributed by atoms with Crippen LogP contribution >= 0.6 is 0 Å². The molecule has 5 heteroatoms. The summed E-state index contributed by atoms with van der Waals surface area (Å²) in [5.41, 5.74) is 0. The van der Waals surface area contributed by atoms with Crippen LogP contribution in [0.2, 0.25) is 19.6 Å². The van der Waals surface area contributed by atoms with Gasteiger partial charge >= 0.3 is 0 Å². The van der Waals surface area contributed by atoms with E-state index in [1.54, 1.807) is 0 Å². The van der Waals surface area contributed by atoms with Crippen LogP contribution in [0.4, 0.5) is 0 Å². The lowest BCUT2D eigenvalue weighted by Gasteiger charge is -2.31. The van der Waals surface area contributed by atoms with Gasteiger partial charge in [-0.05, 0) is 19.6 Å². The molecule has 0 aromatic carbocycles. The minimum atomic E-state index is -1.80. The average Bonchev–Trinajstić information content (AvgIpc) is 2.01. The zero-order valence-electron chi connectivity index (χ0n) is 8.88. The van der Waals surface area contributed by atoms with Gasteiger partial charge in [-0.25, -0.2) is 0 Å². The summed E-state index contributed by atoms with van der Waals surface area (Å²) in [5.74, 6) is -1.24. The number of hydrogen-bond acceptors (Lipinski definition) is 4. The molecule has 0 aliphatic heterocycles. The third-order valence-electron chi connectivity index (χ3n) is 1.31. The Morgan fingerprint density at radius 1 is 1.31 bits per heavy atom. The number of nitrogens with zero attached hydrogens (tertiary/aromatic N) is 1. The van der Waals surface area contributed by atoms with Gasteiger partial charge in [0.2, 0.25) is 0 Å². The van der Waals surface area contributed by atoms with Crippen molar-refractivity contribution in [2.45, 2.75) is 25.4 Å². The van der Waals surface area contributed by atoms with E-state index >= 15 is 0 Å². The Kier molecular flexibility index (Phi) is 4.57. The van der Waals surface area contributed by atoms with Gasteiger partial charge in [-0.3, -0.25) is 0 Å². The maximum atomic E-state index is 8.91. The number of nitriles is 1. The van der Waals surface area contributed by atoms with Crippen molar-refractivity contribution in [3.8, 4) is 6.07 Å². The van der Waals surface area contributed by atoms with Gasteiger partial charge in [0.05, 0.1) is 0 Å². The van der Waals surface area contributed by atoms with Crippen LogP contribution in [0, 0.1) is 11.3 Å². The SMILES string of the molecule is COCC(C#N)(OC)O[Si](C)(C)C. The Morgan fingerprint density at radius 2 is 1.85 bits per heavy atom. The van der Waals surface area contributed by atoms with Gasteiger partial charge in [-0.1, -0.05) is 0 Å². The molecule has 0 aromatic heterocycles. The molecule has 0 N–H and O–H groups in total. The molecule has 76 valence electrons. The van der Waals surface area contributed by atoms with Gasteiger partial charge in [0.15, 0.2) is 8.32 Å². The molecular weight excluding hydrogens is 186 g/mol. The highest BCUT2D eigenvalue weighted by molar-refractivity contribution is 6.69. The maximum Gasteiger partial charge on any atom is 0.274 e. The first kappa shape index (κ1) is 12.6. The van der Waals surface area contributed by atoms with E-state index in [1.165, 1.54) is 14.2 Å². The highest BCUT2D eigenvalue weighted by Gasteiger charge is 2.36. The predicted molar refractivity (Wildman–Crippen MR) is 51.7 cm³/mol. The highest BCUT2D eigenvalue weighted by atomic mass is 28.4. The molecule has 0 fully saturated rings. The van der Waals surface area contributed by atoms with Gasteiger partial charge < -0.3 is 13.9 Å². The average molecular weight is 203 g/mol. The molecule has 0 aliphatic rings. The fourth-order valence-electron chi connectivity index (χ4n) is 0.915. The molecule has 0 saturated carbocycles. The van der Waals surface area contributed by atoms with Crippen LogP contribution in [0.25, 0.3) is 0 Å². The second kappa shape index (κ2) is 4.72. The van der Waals surface area contributed by atoms with Crippen LogP contribution in [0.3, 0.4) is 0 Å². The van der Waals surface area contributed by atoms with Crippen molar-refractivity contribution in [3.63, 3.8) is 0 Å². The monoisotopic (exact) mass is 203 g/mol. The Labute approximate surface area is 80.5 Å². The van der Waals surface area contributed by atoms with Gasteiger partial charge in [0, 0.05) is 14.2 Å². The summed E-state index contributed by atoms with van der Waals surface area (Å²) >= 11 is 0. The molecule has 0 spiro atoms. The molecule has 0 heterocycles. The fourth-order valence-corrected chi connectivity index (χ4v) is 2.09. The normalized spacial score (nSPS) is 16.3. The van der Waals surface area contributed by atoms with E-state index in [2.05, 4.69) is 0 Å². The van der Waals surface area contributed by atoms with E-state index in [1.807, 2.05) is 25.7 Å². The van der Waals surface area contributed by atoms with Gasteiger partial charge in [-0.15, -0.1) is 0 Å². The maximum absolute atomic E-state index is 8.91. The van der Waals surface area contributed by atoms with Crippen LogP contribution in [0.15, 0.2) is 0 Å². The van der Waals surface area contributed by atoms with Crippen molar-refractivity contribution in [1.82, 2.24) is 0 Å². The largest absolute Gasteiger partial charge is 0.378 e. The van der Waals surface area contributed by atoms with Gasteiger partial charge in [0.1, 0.15) is 12.7 Å². The predicted octanol–water partition coefficient (Wildman–Crippen LogP) is 1.35. The number of hydrogen-bond donors (Lipinski definition) is 0. The lowest BCUT2D eigenvalue weighted by molar-refractivity contribution is -0.157. The zero-order chi connectivity index (χ0) is 10.5. The molecule has 0 rings (SSSR count). The molecule has 0 saturated heterocycles. The second-order valence-corrected chi connectivity index (χ2v) is 8.15. The first-order valence-corrected chi connectivity index (χ1v) is 7.45. The number of rotatable bonds is 5. The third-order valence-corrected chi connectivity index (χ3v) is 2.25. The van der Waals surface area contributed by atoms with Crippen molar-refractivity contribution in [2.24, 2.45) is 0 Å². The first-order valence-electron chi connectivity index (χ1n) is 4.04. The van der Waals surface area contributed by atoms with E-state index in [0.29, 0.717) is 0 Å². The van der Waals surface area contributed by atoms with E-state index in [-0.39, 0.29) is 6.61 Å². The summed E-state index contributed by atoms with van der Waals surface area (Å²) in [6.45, 7) is 6.11. The van der Waals surface area contributed by atoms with Crippen LogP contribution < -0.4 is 0 Å². The second-order valence-electron chi connectivity index (χ2n) is 3.72. The minimum Gasteiger partial charge on any atom is -0.378 e. The van der Waals surface area contributed by atoms with Crippen LogP contribution in [0.5, 0.6) is 0 Å². The first-order chi connectivity index (χ1) is 5.89. The van der Waals surface area contributed by atoms with E-state index in [0.717, 1.165) is 0 Å². The summed E-state index contributed by atoms with van der Waals surface area (Å²) in [6, 6.07) is 1.99. The Bertz CT molecular complexity index is 197. The van der Waals surface area contributed by atoms with Crippen LogP contribution in [-0.2, 0) is 13.9 Å². The molecule has 0 radical (unpaired) electrons. The molecule has 1 unspecified atom stereocenters. The van der Waals surface area contributed by atoms with Gasteiger partial charge in [0.25, 0.3) is 5.79 Å². The lowest BCUT2D eigenvalue weighted by Crippen LogP contribution is -2.46. The highest BCUT2D eigenvalue weighted by Crippen LogP contribution is 2.18. The number of ether oxygens (including phenoxy) is 2.